The molecule has 0 saturated carbocycles. The van der Waals surface area contributed by atoms with Gasteiger partial charge in [0.25, 0.3) is 0 Å². The van der Waals surface area contributed by atoms with E-state index in [1.165, 1.54) is 0 Å². The van der Waals surface area contributed by atoms with Gasteiger partial charge in [0.1, 0.15) is 0 Å². The highest BCUT2D eigenvalue weighted by atomic mass is 35.5. The standard InChI is InChI=1S/C8H14N2OS.ClH/c1-5-8(7(9)3-4-11)12-6(2)10-5;/h7,11H,3-4,9H2,1-2H3;1H. The van der Waals surface area contributed by atoms with Crippen LogP contribution in [0, 0.1) is 13.8 Å². The maximum absolute atomic E-state index is 8.70. The summed E-state index contributed by atoms with van der Waals surface area (Å²) in [6, 6.07) is -0.0544. The summed E-state index contributed by atoms with van der Waals surface area (Å²) in [4.78, 5) is 5.37. The normalized spacial score (nSPS) is 12.3. The summed E-state index contributed by atoms with van der Waals surface area (Å²) in [6.45, 7) is 4.06. The fraction of sp³-hybridized carbons (Fsp3) is 0.625. The molecule has 0 radical (unpaired) electrons. The molecule has 5 heteroatoms. The van der Waals surface area contributed by atoms with E-state index >= 15 is 0 Å². The predicted molar refractivity (Wildman–Crippen MR) is 57.5 cm³/mol. The van der Waals surface area contributed by atoms with E-state index in [4.69, 9.17) is 10.8 Å². The molecule has 0 fully saturated rings. The highest BCUT2D eigenvalue weighted by molar-refractivity contribution is 7.11. The third-order valence-corrected chi connectivity index (χ3v) is 2.92. The van der Waals surface area contributed by atoms with E-state index in [1.807, 2.05) is 13.8 Å². The number of hydrogen-bond donors (Lipinski definition) is 2. The van der Waals surface area contributed by atoms with E-state index in [2.05, 4.69) is 4.98 Å². The van der Waals surface area contributed by atoms with Gasteiger partial charge in [0.05, 0.1) is 10.7 Å². The van der Waals surface area contributed by atoms with Gasteiger partial charge in [0, 0.05) is 17.5 Å². The topological polar surface area (TPSA) is 59.1 Å². The van der Waals surface area contributed by atoms with E-state index in [0.29, 0.717) is 6.42 Å². The molecular formula is C8H15ClN2OS. The lowest BCUT2D eigenvalue weighted by Gasteiger charge is -2.06. The van der Waals surface area contributed by atoms with Gasteiger partial charge in [0.15, 0.2) is 0 Å². The second-order valence-electron chi connectivity index (χ2n) is 2.80. The third kappa shape index (κ3) is 3.23. The van der Waals surface area contributed by atoms with Gasteiger partial charge in [-0.15, -0.1) is 23.7 Å². The summed E-state index contributed by atoms with van der Waals surface area (Å²) < 4.78 is 0. The smallest absolute Gasteiger partial charge is 0.0900 e. The molecule has 3 N–H and O–H groups in total. The number of nitrogens with two attached hydrogens (primary N) is 1. The second-order valence-corrected chi connectivity index (χ2v) is 4.04. The van der Waals surface area contributed by atoms with Crippen molar-refractivity contribution in [1.29, 1.82) is 0 Å². The molecule has 0 spiro atoms. The molecule has 13 heavy (non-hydrogen) atoms. The van der Waals surface area contributed by atoms with Crippen LogP contribution in [0.3, 0.4) is 0 Å². The molecule has 0 amide bonds. The number of thiazole rings is 1. The van der Waals surface area contributed by atoms with E-state index in [0.717, 1.165) is 15.6 Å². The highest BCUT2D eigenvalue weighted by Crippen LogP contribution is 2.24. The van der Waals surface area contributed by atoms with Gasteiger partial charge in [-0.25, -0.2) is 4.98 Å². The van der Waals surface area contributed by atoms with Crippen LogP contribution in [-0.2, 0) is 0 Å². The Kier molecular flexibility index (Phi) is 5.48. The number of halogens is 1. The first-order chi connectivity index (χ1) is 5.65. The summed E-state index contributed by atoms with van der Waals surface area (Å²) >= 11 is 1.62. The zero-order chi connectivity index (χ0) is 9.14. The molecular weight excluding hydrogens is 208 g/mol. The van der Waals surface area contributed by atoms with Crippen molar-refractivity contribution in [2.75, 3.05) is 6.61 Å². The maximum Gasteiger partial charge on any atom is 0.0900 e. The fourth-order valence-corrected chi connectivity index (χ4v) is 2.12. The highest BCUT2D eigenvalue weighted by Gasteiger charge is 2.12. The van der Waals surface area contributed by atoms with Crippen molar-refractivity contribution >= 4 is 23.7 Å². The summed E-state index contributed by atoms with van der Waals surface area (Å²) in [7, 11) is 0. The minimum atomic E-state index is -0.0544. The lowest BCUT2D eigenvalue weighted by Crippen LogP contribution is -2.11. The Hall–Kier alpha value is -0.160. The van der Waals surface area contributed by atoms with Crippen molar-refractivity contribution in [2.24, 2.45) is 5.73 Å². The van der Waals surface area contributed by atoms with Gasteiger partial charge in [-0.3, -0.25) is 0 Å². The maximum atomic E-state index is 8.70. The molecule has 0 aromatic carbocycles. The predicted octanol–water partition coefficient (Wildman–Crippen LogP) is 1.56. The third-order valence-electron chi connectivity index (χ3n) is 1.72. The van der Waals surface area contributed by atoms with Gasteiger partial charge >= 0.3 is 0 Å². The van der Waals surface area contributed by atoms with Crippen LogP contribution >= 0.6 is 23.7 Å². The first-order valence-electron chi connectivity index (χ1n) is 3.95. The number of aryl methyl sites for hydroxylation is 2. The zero-order valence-electron chi connectivity index (χ0n) is 7.78. The van der Waals surface area contributed by atoms with Crippen molar-refractivity contribution in [1.82, 2.24) is 4.98 Å². The number of rotatable bonds is 3. The molecule has 1 unspecified atom stereocenters. The summed E-state index contributed by atoms with van der Waals surface area (Å²) in [5.74, 6) is 0. The van der Waals surface area contributed by atoms with E-state index < -0.39 is 0 Å². The molecule has 1 aromatic heterocycles. The van der Waals surface area contributed by atoms with Gasteiger partial charge in [-0.05, 0) is 20.3 Å². The Labute approximate surface area is 88.4 Å². The van der Waals surface area contributed by atoms with Crippen LogP contribution in [0.1, 0.15) is 28.0 Å². The van der Waals surface area contributed by atoms with Crippen molar-refractivity contribution in [3.05, 3.63) is 15.6 Å². The van der Waals surface area contributed by atoms with Crippen molar-refractivity contribution in [3.63, 3.8) is 0 Å². The average molecular weight is 223 g/mol. The van der Waals surface area contributed by atoms with Gasteiger partial charge in [0.2, 0.25) is 0 Å². The number of aliphatic hydroxyl groups is 1. The van der Waals surface area contributed by atoms with Crippen LogP contribution in [0.25, 0.3) is 0 Å². The SMILES string of the molecule is Cc1nc(C)c(C(N)CCO)s1.Cl. The van der Waals surface area contributed by atoms with E-state index in [9.17, 15) is 0 Å². The minimum absolute atomic E-state index is 0. The number of nitrogens with zero attached hydrogens (tertiary/aromatic N) is 1. The Morgan fingerprint density at radius 2 is 2.15 bits per heavy atom. The summed E-state index contributed by atoms with van der Waals surface area (Å²) in [5, 5.41) is 9.74. The van der Waals surface area contributed by atoms with Crippen LogP contribution in [0.15, 0.2) is 0 Å². The summed E-state index contributed by atoms with van der Waals surface area (Å²) in [6.07, 6.45) is 0.614. The van der Waals surface area contributed by atoms with Gasteiger partial charge in [-0.2, -0.15) is 0 Å². The minimum Gasteiger partial charge on any atom is -0.396 e. The van der Waals surface area contributed by atoms with Crippen molar-refractivity contribution in [2.45, 2.75) is 26.3 Å². The molecule has 1 atom stereocenters. The average Bonchev–Trinajstić information content (AvgIpc) is 2.30. The number of aliphatic hydroxyl groups excluding tert-OH is 1. The molecule has 3 nitrogen and oxygen atoms in total. The summed E-state index contributed by atoms with van der Waals surface area (Å²) in [5.41, 5.74) is 6.83. The number of aromatic nitrogens is 1. The second kappa shape index (κ2) is 5.54. The van der Waals surface area contributed by atoms with Crippen LogP contribution in [0.2, 0.25) is 0 Å². The Morgan fingerprint density at radius 1 is 1.54 bits per heavy atom. The Balaban J connectivity index is 0.00000144. The largest absolute Gasteiger partial charge is 0.396 e. The molecule has 1 heterocycles. The molecule has 0 aliphatic rings. The van der Waals surface area contributed by atoms with Crippen LogP contribution in [-0.4, -0.2) is 16.7 Å². The fourth-order valence-electron chi connectivity index (χ4n) is 1.16. The van der Waals surface area contributed by atoms with E-state index in [1.54, 1.807) is 11.3 Å². The molecule has 1 aromatic rings. The Morgan fingerprint density at radius 3 is 2.54 bits per heavy atom. The molecule has 76 valence electrons. The molecule has 0 bridgehead atoms. The van der Waals surface area contributed by atoms with Gasteiger partial charge in [-0.1, -0.05) is 0 Å². The molecule has 0 aliphatic heterocycles. The first kappa shape index (κ1) is 12.8. The molecule has 0 saturated heterocycles. The monoisotopic (exact) mass is 222 g/mol. The lowest BCUT2D eigenvalue weighted by molar-refractivity contribution is 0.277. The van der Waals surface area contributed by atoms with Crippen molar-refractivity contribution in [3.8, 4) is 0 Å². The lowest BCUT2D eigenvalue weighted by atomic mass is 10.2. The van der Waals surface area contributed by atoms with Crippen LogP contribution in [0.4, 0.5) is 0 Å². The molecule has 1 rings (SSSR count). The zero-order valence-corrected chi connectivity index (χ0v) is 9.41. The van der Waals surface area contributed by atoms with Crippen LogP contribution in [0.5, 0.6) is 0 Å². The molecule has 0 aliphatic carbocycles. The van der Waals surface area contributed by atoms with Crippen LogP contribution < -0.4 is 5.73 Å². The van der Waals surface area contributed by atoms with E-state index in [-0.39, 0.29) is 25.1 Å². The Bertz CT molecular complexity index is 265. The first-order valence-corrected chi connectivity index (χ1v) is 4.77. The van der Waals surface area contributed by atoms with Gasteiger partial charge < -0.3 is 10.8 Å². The van der Waals surface area contributed by atoms with Crippen molar-refractivity contribution < 1.29 is 5.11 Å². The quantitative estimate of drug-likeness (QED) is 0.816. The number of hydrogen-bond acceptors (Lipinski definition) is 4.